The molecule has 268 valence electrons. The van der Waals surface area contributed by atoms with E-state index in [2.05, 4.69) is 19.8 Å². The van der Waals surface area contributed by atoms with Gasteiger partial charge in [0.05, 0.1) is 17.5 Å². The summed E-state index contributed by atoms with van der Waals surface area (Å²) < 4.78 is 37.7. The van der Waals surface area contributed by atoms with Gasteiger partial charge in [-0.1, -0.05) is 48.0 Å². The zero-order chi connectivity index (χ0) is 35.3. The summed E-state index contributed by atoms with van der Waals surface area (Å²) in [6.45, 7) is 4.06. The second-order valence-electron chi connectivity index (χ2n) is 14.3. The van der Waals surface area contributed by atoms with Crippen molar-refractivity contribution in [3.63, 3.8) is 0 Å². The highest BCUT2D eigenvalue weighted by atomic mass is 35.5. The number of amides is 1. The smallest absolute Gasteiger partial charge is 0.319 e. The van der Waals surface area contributed by atoms with Crippen molar-refractivity contribution in [2.75, 3.05) is 64.4 Å². The molecule has 10 nitrogen and oxygen atoms in total. The van der Waals surface area contributed by atoms with Crippen LogP contribution in [0.3, 0.4) is 0 Å². The van der Waals surface area contributed by atoms with E-state index in [-0.39, 0.29) is 48.4 Å². The molecule has 4 aromatic rings. The molecular weight excluding hydrogens is 676 g/mol. The van der Waals surface area contributed by atoms with Crippen molar-refractivity contribution in [1.29, 1.82) is 0 Å². The number of fused-ring (bicyclic) bond motifs is 3. The minimum atomic E-state index is -0.914. The molecule has 0 aliphatic carbocycles. The van der Waals surface area contributed by atoms with Crippen molar-refractivity contribution in [2.45, 2.75) is 55.9 Å². The van der Waals surface area contributed by atoms with Gasteiger partial charge in [0.1, 0.15) is 29.8 Å². The van der Waals surface area contributed by atoms with Crippen molar-refractivity contribution >= 4 is 45.0 Å². The number of anilines is 1. The minimum absolute atomic E-state index is 0.0154. The molecule has 8 rings (SSSR count). The molecule has 2 aromatic carbocycles. The van der Waals surface area contributed by atoms with Gasteiger partial charge >= 0.3 is 6.01 Å². The number of hydrogen-bond acceptors (Lipinski definition) is 9. The standard InChI is InChI=1S/C38H42ClF2N7O3/c1-45(27-12-16-47(22-27)31(50)10-9-26-11-15-46(26)17-18-49)36-29-20-42-34(28-7-2-5-24-6-3-8-30(39)32(24)28)33(41)35(29)43-37(44-36)51-23-38-13-4-14-48(38)21-25(40)19-38/h2-3,5-10,20,25-27,49H,4,11-19,21-23H2,1H3/b10-9+/t25-,26+,27-,38+/m1/s1. The summed E-state index contributed by atoms with van der Waals surface area (Å²) in [7, 11) is 1.89. The topological polar surface area (TPSA) is 98.2 Å². The number of aliphatic hydroxyl groups is 1. The quantitative estimate of drug-likeness (QED) is 0.221. The highest BCUT2D eigenvalue weighted by molar-refractivity contribution is 6.36. The molecule has 0 unspecified atom stereocenters. The number of alkyl halides is 1. The lowest BCUT2D eigenvalue weighted by molar-refractivity contribution is -0.125. The Hall–Kier alpha value is -3.97. The fourth-order valence-corrected chi connectivity index (χ4v) is 8.78. The Morgan fingerprint density at radius 3 is 2.80 bits per heavy atom. The maximum atomic E-state index is 16.8. The van der Waals surface area contributed by atoms with Gasteiger partial charge in [-0.2, -0.15) is 9.97 Å². The first kappa shape index (κ1) is 34.1. The number of β-amino-alcohol motifs (C(OH)–C–C–N with tert-alkyl or cyclic N) is 1. The predicted molar refractivity (Wildman–Crippen MR) is 193 cm³/mol. The van der Waals surface area contributed by atoms with E-state index in [1.807, 2.05) is 47.2 Å². The summed E-state index contributed by atoms with van der Waals surface area (Å²) >= 11 is 6.63. The first-order valence-electron chi connectivity index (χ1n) is 17.9. The number of pyridine rings is 1. The van der Waals surface area contributed by atoms with E-state index < -0.39 is 17.5 Å². The van der Waals surface area contributed by atoms with Crippen LogP contribution in [0.25, 0.3) is 32.9 Å². The molecule has 0 saturated carbocycles. The number of likely N-dealkylation sites (tertiary alicyclic amines) is 2. The van der Waals surface area contributed by atoms with Crippen LogP contribution in [0.2, 0.25) is 5.02 Å². The fourth-order valence-electron chi connectivity index (χ4n) is 8.50. The van der Waals surface area contributed by atoms with Crippen molar-refractivity contribution in [3.05, 3.63) is 65.6 Å². The Labute approximate surface area is 300 Å². The van der Waals surface area contributed by atoms with Gasteiger partial charge in [0, 0.05) is 86.5 Å². The fraction of sp³-hybridized carbons (Fsp3) is 0.474. The van der Waals surface area contributed by atoms with E-state index in [9.17, 15) is 14.3 Å². The molecule has 4 aliphatic rings. The van der Waals surface area contributed by atoms with Crippen LogP contribution >= 0.6 is 11.6 Å². The van der Waals surface area contributed by atoms with Gasteiger partial charge in [-0.15, -0.1) is 0 Å². The van der Waals surface area contributed by atoms with Crippen LogP contribution in [-0.4, -0.2) is 124 Å². The molecule has 4 saturated heterocycles. The number of benzene rings is 2. The number of halogens is 3. The molecule has 51 heavy (non-hydrogen) atoms. The van der Waals surface area contributed by atoms with E-state index >= 15 is 4.39 Å². The average molecular weight is 718 g/mol. The lowest BCUT2D eigenvalue weighted by Crippen LogP contribution is -2.47. The Balaban J connectivity index is 1.12. The molecule has 4 atom stereocenters. The normalized spacial score (nSPS) is 25.3. The number of hydrogen-bond donors (Lipinski definition) is 1. The minimum Gasteiger partial charge on any atom is -0.461 e. The number of ether oxygens (including phenoxy) is 1. The van der Waals surface area contributed by atoms with E-state index in [0.717, 1.165) is 37.7 Å². The van der Waals surface area contributed by atoms with Crippen molar-refractivity contribution in [3.8, 4) is 17.3 Å². The zero-order valence-electron chi connectivity index (χ0n) is 28.6. The third-order valence-electron chi connectivity index (χ3n) is 11.4. The average Bonchev–Trinajstić information content (AvgIpc) is 3.84. The van der Waals surface area contributed by atoms with Gasteiger partial charge < -0.3 is 19.6 Å². The molecule has 1 amide bonds. The van der Waals surface area contributed by atoms with Gasteiger partial charge in [0.2, 0.25) is 5.91 Å². The second-order valence-corrected chi connectivity index (χ2v) is 14.7. The van der Waals surface area contributed by atoms with E-state index in [1.54, 1.807) is 24.4 Å². The zero-order valence-corrected chi connectivity index (χ0v) is 29.4. The second kappa shape index (κ2) is 13.9. The number of rotatable bonds is 10. The lowest BCUT2D eigenvalue weighted by Gasteiger charge is -2.38. The Kier molecular flexibility index (Phi) is 9.28. The third kappa shape index (κ3) is 6.30. The van der Waals surface area contributed by atoms with Crippen LogP contribution in [0.15, 0.2) is 54.7 Å². The number of aliphatic hydroxyl groups excluding tert-OH is 1. The Bertz CT molecular complexity index is 2000. The van der Waals surface area contributed by atoms with Crippen LogP contribution in [0.5, 0.6) is 6.01 Å². The van der Waals surface area contributed by atoms with Crippen LogP contribution < -0.4 is 9.64 Å². The number of carbonyl (C=O) groups excluding carboxylic acids is 1. The van der Waals surface area contributed by atoms with Crippen LogP contribution in [-0.2, 0) is 4.79 Å². The highest BCUT2D eigenvalue weighted by Crippen LogP contribution is 2.41. The van der Waals surface area contributed by atoms with Crippen LogP contribution in [0.4, 0.5) is 14.6 Å². The molecule has 1 N–H and O–H groups in total. The molecule has 0 radical (unpaired) electrons. The summed E-state index contributed by atoms with van der Waals surface area (Å²) in [5, 5.41) is 11.7. The monoisotopic (exact) mass is 717 g/mol. The lowest BCUT2D eigenvalue weighted by atomic mass is 9.95. The molecular formula is C38H42ClF2N7O3. The SMILES string of the molecule is CN(c1nc(OC[C@@]23CCCN2C[C@H](F)C3)nc2c(F)c(-c3cccc4cccc(Cl)c34)ncc12)[C@@H]1CCN(C(=O)/C=C/[C@H]2CCN2CCO)C1. The summed E-state index contributed by atoms with van der Waals surface area (Å²) in [5.74, 6) is -0.234. The molecule has 0 spiro atoms. The highest BCUT2D eigenvalue weighted by Gasteiger charge is 2.49. The molecule has 4 aliphatic heterocycles. The van der Waals surface area contributed by atoms with E-state index in [4.69, 9.17) is 21.3 Å². The van der Waals surface area contributed by atoms with Gasteiger partial charge in [-0.25, -0.2) is 8.78 Å². The van der Waals surface area contributed by atoms with Crippen molar-refractivity contribution in [2.24, 2.45) is 0 Å². The van der Waals surface area contributed by atoms with Gasteiger partial charge in [-0.05, 0) is 43.7 Å². The first-order valence-corrected chi connectivity index (χ1v) is 18.2. The van der Waals surface area contributed by atoms with Crippen molar-refractivity contribution in [1.82, 2.24) is 29.7 Å². The molecule has 4 fully saturated rings. The maximum absolute atomic E-state index is 16.8. The van der Waals surface area contributed by atoms with Crippen LogP contribution in [0, 0.1) is 5.82 Å². The summed E-state index contributed by atoms with van der Waals surface area (Å²) in [4.78, 5) is 35.3. The largest absolute Gasteiger partial charge is 0.461 e. The molecule has 6 heterocycles. The predicted octanol–water partition coefficient (Wildman–Crippen LogP) is 5.25. The third-order valence-corrected chi connectivity index (χ3v) is 11.7. The molecule has 2 aromatic heterocycles. The van der Waals surface area contributed by atoms with Gasteiger partial charge in [0.15, 0.2) is 5.82 Å². The number of nitrogens with zero attached hydrogens (tertiary/aromatic N) is 7. The molecule has 0 bridgehead atoms. The Morgan fingerprint density at radius 2 is 2.00 bits per heavy atom. The summed E-state index contributed by atoms with van der Waals surface area (Å²) in [5.41, 5.74) is 0.297. The first-order chi connectivity index (χ1) is 24.7. The van der Waals surface area contributed by atoms with Crippen LogP contribution in [0.1, 0.15) is 32.1 Å². The maximum Gasteiger partial charge on any atom is 0.319 e. The summed E-state index contributed by atoms with van der Waals surface area (Å²) in [6, 6.07) is 11.2. The number of aromatic nitrogens is 3. The van der Waals surface area contributed by atoms with E-state index in [1.165, 1.54) is 0 Å². The summed E-state index contributed by atoms with van der Waals surface area (Å²) in [6.07, 6.45) is 8.07. The number of likely N-dealkylation sites (N-methyl/N-ethyl adjacent to an activating group) is 1. The van der Waals surface area contributed by atoms with Gasteiger partial charge in [0.25, 0.3) is 0 Å². The van der Waals surface area contributed by atoms with Crippen molar-refractivity contribution < 1.29 is 23.4 Å². The Morgan fingerprint density at radius 1 is 1.16 bits per heavy atom. The molecule has 13 heteroatoms. The van der Waals surface area contributed by atoms with E-state index in [0.29, 0.717) is 66.2 Å². The van der Waals surface area contributed by atoms with Gasteiger partial charge in [-0.3, -0.25) is 19.6 Å². The number of carbonyl (C=O) groups is 1.